The molecule has 3 aromatic heterocycles. The van der Waals surface area contributed by atoms with Crippen LogP contribution in [-0.4, -0.2) is 56.1 Å². The minimum atomic E-state index is -0.722. The molecule has 158 valence electrons. The molecule has 0 radical (unpaired) electrons. The highest BCUT2D eigenvalue weighted by molar-refractivity contribution is 5.93. The molecule has 1 aromatic carbocycles. The molecule has 1 saturated heterocycles. The molecule has 3 N–H and O–H groups in total. The molecule has 0 saturated carbocycles. The molecule has 0 unspecified atom stereocenters. The summed E-state index contributed by atoms with van der Waals surface area (Å²) in [6.07, 6.45) is 3.17. The van der Waals surface area contributed by atoms with E-state index in [9.17, 15) is 9.59 Å². The number of hydrogen-bond acceptors (Lipinski definition) is 6. The predicted octanol–water partition coefficient (Wildman–Crippen LogP) is 1.96. The summed E-state index contributed by atoms with van der Waals surface area (Å²) >= 11 is 0. The molecule has 4 heterocycles. The molecule has 9 heteroatoms. The first-order valence-corrected chi connectivity index (χ1v) is 9.67. The summed E-state index contributed by atoms with van der Waals surface area (Å²) in [5, 5.41) is 12.7. The number of pyridine rings is 1. The molecule has 31 heavy (non-hydrogen) atoms. The first-order valence-electron chi connectivity index (χ1n) is 9.67. The lowest BCUT2D eigenvalue weighted by molar-refractivity contribution is -0.133. The Kier molecular flexibility index (Phi) is 5.50. The van der Waals surface area contributed by atoms with Gasteiger partial charge >= 0.3 is 0 Å². The second kappa shape index (κ2) is 8.41. The maximum Gasteiger partial charge on any atom is 0.285 e. The molecule has 2 amide bonds. The number of carbonyl (C=O) groups is 2. The van der Waals surface area contributed by atoms with Gasteiger partial charge in [0.25, 0.3) is 11.8 Å². The summed E-state index contributed by atoms with van der Waals surface area (Å²) < 4.78 is 6.58. The fourth-order valence-corrected chi connectivity index (χ4v) is 3.42. The largest absolute Gasteiger partial charge is 0.383 e. The van der Waals surface area contributed by atoms with Crippen LogP contribution in [0.3, 0.4) is 0 Å². The highest BCUT2D eigenvalue weighted by Crippen LogP contribution is 2.28. The first kappa shape index (κ1) is 20.3. The summed E-state index contributed by atoms with van der Waals surface area (Å²) in [7, 11) is 1.69. The Morgan fingerprint density at radius 3 is 2.61 bits per heavy atom. The smallest absolute Gasteiger partial charge is 0.285 e. The Labute approximate surface area is 177 Å². The maximum absolute atomic E-state index is 11.6. The summed E-state index contributed by atoms with van der Waals surface area (Å²) in [5.41, 5.74) is 9.48. The van der Waals surface area contributed by atoms with Gasteiger partial charge in [-0.2, -0.15) is 0 Å². The highest BCUT2D eigenvalue weighted by Gasteiger charge is 2.26. The quantitative estimate of drug-likeness (QED) is 0.523. The van der Waals surface area contributed by atoms with Gasteiger partial charge < -0.3 is 20.3 Å². The van der Waals surface area contributed by atoms with Crippen molar-refractivity contribution in [2.24, 2.45) is 5.73 Å². The molecule has 0 aliphatic carbocycles. The number of carbonyl (C=O) groups excluding carboxylic acids is 2. The van der Waals surface area contributed by atoms with Crippen molar-refractivity contribution in [2.75, 3.05) is 13.6 Å². The van der Waals surface area contributed by atoms with Gasteiger partial charge in [0.2, 0.25) is 5.82 Å². The van der Waals surface area contributed by atoms with Gasteiger partial charge in [-0.25, -0.2) is 4.98 Å². The lowest BCUT2D eigenvalue weighted by Crippen LogP contribution is -2.24. The lowest BCUT2D eigenvalue weighted by Gasteiger charge is -2.04. The zero-order chi connectivity index (χ0) is 22.0. The number of imidazole rings is 1. The number of likely N-dealkylation sites (N-methyl/N-ethyl adjacent to an activating group) is 1. The number of likely N-dealkylation sites (tertiary alicyclic amines) is 1. The third-order valence-corrected chi connectivity index (χ3v) is 5.04. The Morgan fingerprint density at radius 2 is 2.00 bits per heavy atom. The van der Waals surface area contributed by atoms with Crippen molar-refractivity contribution in [3.05, 3.63) is 66.8 Å². The molecular formula is C22H21N5O4. The Morgan fingerprint density at radius 1 is 1.19 bits per heavy atom. The van der Waals surface area contributed by atoms with Crippen LogP contribution in [0.5, 0.6) is 0 Å². The van der Waals surface area contributed by atoms with E-state index >= 15 is 0 Å². The number of nitrogens with two attached hydrogens (primary N) is 1. The SMILES string of the molecule is CN1CC[C@H](O)C1=O.NC(=O)c1nc(-c2cccc(-c3ccon3)c2)c2ccccn12. The number of benzene rings is 1. The van der Waals surface area contributed by atoms with E-state index in [4.69, 9.17) is 15.4 Å². The van der Waals surface area contributed by atoms with E-state index in [1.165, 1.54) is 11.2 Å². The van der Waals surface area contributed by atoms with Crippen molar-refractivity contribution >= 4 is 17.3 Å². The zero-order valence-electron chi connectivity index (χ0n) is 16.8. The normalized spacial score (nSPS) is 15.7. The minimum Gasteiger partial charge on any atom is -0.383 e. The van der Waals surface area contributed by atoms with Crippen LogP contribution in [0, 0.1) is 0 Å². The number of aromatic nitrogens is 3. The number of hydrogen-bond donors (Lipinski definition) is 2. The second-order valence-electron chi connectivity index (χ2n) is 7.13. The van der Waals surface area contributed by atoms with E-state index < -0.39 is 12.0 Å². The molecule has 4 aromatic rings. The summed E-state index contributed by atoms with van der Waals surface area (Å²) in [6.45, 7) is 0.694. The fraction of sp³-hybridized carbons (Fsp3) is 0.182. The number of primary amides is 1. The topological polar surface area (TPSA) is 127 Å². The predicted molar refractivity (Wildman–Crippen MR) is 113 cm³/mol. The number of nitrogens with zero attached hydrogens (tertiary/aromatic N) is 4. The number of fused-ring (bicyclic) bond motifs is 1. The van der Waals surface area contributed by atoms with Crippen LogP contribution in [0.25, 0.3) is 28.0 Å². The Hall–Kier alpha value is -3.98. The van der Waals surface area contributed by atoms with Crippen LogP contribution in [0.1, 0.15) is 17.0 Å². The Bertz CT molecular complexity index is 1220. The van der Waals surface area contributed by atoms with Crippen LogP contribution >= 0.6 is 0 Å². The minimum absolute atomic E-state index is 0.148. The molecule has 0 bridgehead atoms. The van der Waals surface area contributed by atoms with Crippen molar-refractivity contribution in [1.29, 1.82) is 0 Å². The average molecular weight is 419 g/mol. The van der Waals surface area contributed by atoms with Gasteiger partial charge in [-0.1, -0.05) is 29.4 Å². The standard InChI is InChI=1S/C17H12N4O2.C5H9NO2/c18-16(22)17-19-15(14-6-1-2-8-21(14)17)12-5-3-4-11(10-12)13-7-9-23-20-13;1-6-3-2-4(7)5(6)8/h1-10H,(H2,18,22);4,7H,2-3H2,1H3/t;4-/m.0/s1. The van der Waals surface area contributed by atoms with E-state index in [1.807, 2.05) is 42.5 Å². The molecule has 1 atom stereocenters. The van der Waals surface area contributed by atoms with E-state index in [0.29, 0.717) is 18.7 Å². The molecule has 9 nitrogen and oxygen atoms in total. The summed E-state index contributed by atoms with van der Waals surface area (Å²) in [4.78, 5) is 28.2. The van der Waals surface area contributed by atoms with E-state index in [-0.39, 0.29) is 11.7 Å². The fourth-order valence-electron chi connectivity index (χ4n) is 3.42. The molecule has 5 rings (SSSR count). The third-order valence-electron chi connectivity index (χ3n) is 5.04. The second-order valence-corrected chi connectivity index (χ2v) is 7.13. The van der Waals surface area contributed by atoms with Crippen LogP contribution in [-0.2, 0) is 4.79 Å². The molecule has 1 fully saturated rings. The number of aliphatic hydroxyl groups is 1. The van der Waals surface area contributed by atoms with Crippen LogP contribution < -0.4 is 5.73 Å². The van der Waals surface area contributed by atoms with Crippen LogP contribution in [0.2, 0.25) is 0 Å². The first-order chi connectivity index (χ1) is 15.0. The van der Waals surface area contributed by atoms with Crippen molar-refractivity contribution in [1.82, 2.24) is 19.4 Å². The summed E-state index contributed by atoms with van der Waals surface area (Å²) in [5.74, 6) is -0.502. The van der Waals surface area contributed by atoms with Gasteiger partial charge in [-0.05, 0) is 24.6 Å². The average Bonchev–Trinajstić information content (AvgIpc) is 3.51. The molecular weight excluding hydrogens is 398 g/mol. The number of aliphatic hydroxyl groups excluding tert-OH is 1. The highest BCUT2D eigenvalue weighted by atomic mass is 16.5. The number of amides is 2. The van der Waals surface area contributed by atoms with Crippen molar-refractivity contribution in [3.63, 3.8) is 0 Å². The van der Waals surface area contributed by atoms with Gasteiger partial charge in [0.15, 0.2) is 0 Å². The van der Waals surface area contributed by atoms with Gasteiger partial charge in [-0.15, -0.1) is 0 Å². The summed E-state index contributed by atoms with van der Waals surface area (Å²) in [6, 6.07) is 15.2. The molecule has 0 spiro atoms. The molecule has 1 aliphatic rings. The van der Waals surface area contributed by atoms with Gasteiger partial charge in [-0.3, -0.25) is 14.0 Å². The maximum atomic E-state index is 11.6. The van der Waals surface area contributed by atoms with Gasteiger partial charge in [0, 0.05) is 37.0 Å². The number of rotatable bonds is 3. The van der Waals surface area contributed by atoms with E-state index in [0.717, 1.165) is 22.3 Å². The lowest BCUT2D eigenvalue weighted by atomic mass is 10.1. The van der Waals surface area contributed by atoms with Crippen LogP contribution in [0.4, 0.5) is 0 Å². The Balaban J connectivity index is 0.000000245. The van der Waals surface area contributed by atoms with Gasteiger partial charge in [0.05, 0.1) is 11.2 Å². The van der Waals surface area contributed by atoms with Gasteiger partial charge in [0.1, 0.15) is 18.1 Å². The van der Waals surface area contributed by atoms with E-state index in [1.54, 1.807) is 23.7 Å². The monoisotopic (exact) mass is 419 g/mol. The van der Waals surface area contributed by atoms with E-state index in [2.05, 4.69) is 10.1 Å². The molecule has 1 aliphatic heterocycles. The zero-order valence-corrected chi connectivity index (χ0v) is 16.8. The van der Waals surface area contributed by atoms with Crippen LogP contribution in [0.15, 0.2) is 65.5 Å². The van der Waals surface area contributed by atoms with Crippen molar-refractivity contribution < 1.29 is 19.2 Å². The van der Waals surface area contributed by atoms with Crippen molar-refractivity contribution in [2.45, 2.75) is 12.5 Å². The third kappa shape index (κ3) is 4.03. The van der Waals surface area contributed by atoms with Crippen molar-refractivity contribution in [3.8, 4) is 22.5 Å².